The van der Waals surface area contributed by atoms with Gasteiger partial charge in [0.2, 0.25) is 0 Å². The standard InChI is InChI=1S/C22H19N2OP/c1-18-16-17-24(23-18)21-14-8-9-15-22(21)26(25,19-10-4-2-5-11-19)20-12-6-3-7-13-20/h2-17H,1H3. The number of benzene rings is 3. The number of hydrogen-bond acceptors (Lipinski definition) is 2. The fourth-order valence-corrected chi connectivity index (χ4v) is 6.01. The molecule has 0 bridgehead atoms. The lowest BCUT2D eigenvalue weighted by molar-refractivity contribution is 0.592. The van der Waals surface area contributed by atoms with Gasteiger partial charge in [0, 0.05) is 22.1 Å². The van der Waals surface area contributed by atoms with Crippen molar-refractivity contribution in [1.29, 1.82) is 0 Å². The summed E-state index contributed by atoms with van der Waals surface area (Å²) in [4.78, 5) is 0. The van der Waals surface area contributed by atoms with Crippen LogP contribution in [-0.2, 0) is 4.57 Å². The molecule has 0 fully saturated rings. The number of rotatable bonds is 4. The largest absolute Gasteiger partial charge is 0.309 e. The van der Waals surface area contributed by atoms with Crippen LogP contribution < -0.4 is 15.9 Å². The van der Waals surface area contributed by atoms with Gasteiger partial charge in [0.15, 0.2) is 7.14 Å². The van der Waals surface area contributed by atoms with Crippen LogP contribution in [-0.4, -0.2) is 9.78 Å². The molecule has 0 unspecified atom stereocenters. The van der Waals surface area contributed by atoms with Gasteiger partial charge in [-0.15, -0.1) is 0 Å². The first-order valence-corrected chi connectivity index (χ1v) is 10.2. The maximum absolute atomic E-state index is 14.6. The van der Waals surface area contributed by atoms with Crippen LogP contribution in [0.3, 0.4) is 0 Å². The van der Waals surface area contributed by atoms with E-state index in [1.54, 1.807) is 0 Å². The maximum atomic E-state index is 14.6. The summed E-state index contributed by atoms with van der Waals surface area (Å²) < 4.78 is 16.4. The fourth-order valence-electron chi connectivity index (χ4n) is 3.18. The lowest BCUT2D eigenvalue weighted by atomic mass is 10.3. The van der Waals surface area contributed by atoms with Crippen LogP contribution in [0.2, 0.25) is 0 Å². The van der Waals surface area contributed by atoms with Crippen molar-refractivity contribution in [3.63, 3.8) is 0 Å². The number of para-hydroxylation sites is 1. The van der Waals surface area contributed by atoms with Crippen molar-refractivity contribution in [2.75, 3.05) is 0 Å². The smallest absolute Gasteiger partial charge is 0.173 e. The second kappa shape index (κ2) is 6.78. The summed E-state index contributed by atoms with van der Waals surface area (Å²) in [5, 5.41) is 6.97. The van der Waals surface area contributed by atoms with Gasteiger partial charge in [0.05, 0.1) is 11.4 Å². The molecule has 0 aliphatic rings. The van der Waals surface area contributed by atoms with Crippen molar-refractivity contribution < 1.29 is 4.57 Å². The molecule has 0 atom stereocenters. The Hall–Kier alpha value is -2.90. The topological polar surface area (TPSA) is 34.9 Å². The van der Waals surface area contributed by atoms with Gasteiger partial charge >= 0.3 is 0 Å². The molecule has 128 valence electrons. The van der Waals surface area contributed by atoms with E-state index in [9.17, 15) is 4.57 Å². The highest BCUT2D eigenvalue weighted by Gasteiger charge is 2.32. The molecule has 0 aliphatic carbocycles. The molecule has 1 aromatic heterocycles. The summed E-state index contributed by atoms with van der Waals surface area (Å²) >= 11 is 0. The van der Waals surface area contributed by atoms with Gasteiger partial charge < -0.3 is 4.57 Å². The van der Waals surface area contributed by atoms with E-state index in [0.717, 1.165) is 27.3 Å². The van der Waals surface area contributed by atoms with Gasteiger partial charge in [-0.2, -0.15) is 5.10 Å². The van der Waals surface area contributed by atoms with Crippen LogP contribution in [0.1, 0.15) is 5.69 Å². The first-order valence-electron chi connectivity index (χ1n) is 8.53. The number of aryl methyl sites for hydroxylation is 1. The number of aromatic nitrogens is 2. The van der Waals surface area contributed by atoms with E-state index >= 15 is 0 Å². The molecule has 0 spiro atoms. The first kappa shape index (κ1) is 16.6. The van der Waals surface area contributed by atoms with Crippen LogP contribution in [0, 0.1) is 6.92 Å². The Morgan fingerprint density at radius 1 is 0.731 bits per heavy atom. The molecular weight excluding hydrogens is 339 g/mol. The first-order chi connectivity index (χ1) is 12.7. The number of hydrogen-bond donors (Lipinski definition) is 0. The molecule has 4 heteroatoms. The fraction of sp³-hybridized carbons (Fsp3) is 0.0455. The zero-order valence-corrected chi connectivity index (χ0v) is 15.4. The van der Waals surface area contributed by atoms with Gasteiger partial charge in [0.1, 0.15) is 0 Å². The Kier molecular flexibility index (Phi) is 4.32. The van der Waals surface area contributed by atoms with Crippen molar-refractivity contribution in [2.45, 2.75) is 6.92 Å². The highest BCUT2D eigenvalue weighted by Crippen LogP contribution is 2.43. The van der Waals surface area contributed by atoms with Crippen molar-refractivity contribution in [1.82, 2.24) is 9.78 Å². The Bertz CT molecular complexity index is 1030. The van der Waals surface area contributed by atoms with Crippen LogP contribution in [0.25, 0.3) is 5.69 Å². The molecule has 3 nitrogen and oxygen atoms in total. The van der Waals surface area contributed by atoms with E-state index in [0.29, 0.717) is 0 Å². The van der Waals surface area contributed by atoms with E-state index < -0.39 is 7.14 Å². The van der Waals surface area contributed by atoms with Crippen LogP contribution in [0.4, 0.5) is 0 Å². The normalized spacial score (nSPS) is 11.4. The predicted octanol–water partition coefficient (Wildman–Crippen LogP) is 3.82. The zero-order chi connectivity index (χ0) is 18.0. The van der Waals surface area contributed by atoms with Crippen LogP contribution >= 0.6 is 7.14 Å². The maximum Gasteiger partial charge on any atom is 0.173 e. The third-order valence-electron chi connectivity index (χ3n) is 4.43. The van der Waals surface area contributed by atoms with E-state index in [1.807, 2.05) is 109 Å². The Morgan fingerprint density at radius 2 is 1.27 bits per heavy atom. The molecular formula is C22H19N2OP. The van der Waals surface area contributed by atoms with Gasteiger partial charge in [-0.25, -0.2) is 4.68 Å². The minimum atomic E-state index is -3.03. The molecule has 1 heterocycles. The summed E-state index contributed by atoms with van der Waals surface area (Å²) in [6, 6.07) is 29.2. The summed E-state index contributed by atoms with van der Waals surface area (Å²) in [6.45, 7) is 1.95. The summed E-state index contributed by atoms with van der Waals surface area (Å²) in [5.41, 5.74) is 1.77. The lowest BCUT2D eigenvalue weighted by Crippen LogP contribution is -2.27. The lowest BCUT2D eigenvalue weighted by Gasteiger charge is -2.22. The Labute approximate surface area is 153 Å². The van der Waals surface area contributed by atoms with Crippen molar-refractivity contribution >= 4 is 23.1 Å². The molecule has 0 saturated heterocycles. The second-order valence-corrected chi connectivity index (χ2v) is 8.90. The molecule has 0 aliphatic heterocycles. The van der Waals surface area contributed by atoms with Gasteiger partial charge in [0.25, 0.3) is 0 Å². The molecule has 26 heavy (non-hydrogen) atoms. The summed E-state index contributed by atoms with van der Waals surface area (Å²) in [6.07, 6.45) is 1.91. The molecule has 0 radical (unpaired) electrons. The van der Waals surface area contributed by atoms with E-state index in [-0.39, 0.29) is 0 Å². The van der Waals surface area contributed by atoms with E-state index in [1.165, 1.54) is 0 Å². The summed E-state index contributed by atoms with van der Waals surface area (Å²) in [5.74, 6) is 0. The van der Waals surface area contributed by atoms with Crippen molar-refractivity contribution in [3.8, 4) is 5.69 Å². The molecule has 4 rings (SSSR count). The van der Waals surface area contributed by atoms with E-state index in [2.05, 4.69) is 5.10 Å². The Balaban J connectivity index is 2.02. The van der Waals surface area contributed by atoms with Gasteiger partial charge in [-0.05, 0) is 25.1 Å². The predicted molar refractivity (Wildman–Crippen MR) is 108 cm³/mol. The minimum absolute atomic E-state index is 0.792. The Morgan fingerprint density at radius 3 is 1.81 bits per heavy atom. The molecule has 3 aromatic carbocycles. The molecule has 4 aromatic rings. The van der Waals surface area contributed by atoms with Crippen molar-refractivity contribution in [3.05, 3.63) is 103 Å². The average molecular weight is 358 g/mol. The van der Waals surface area contributed by atoms with Gasteiger partial charge in [-0.1, -0.05) is 72.8 Å². The monoisotopic (exact) mass is 358 g/mol. The van der Waals surface area contributed by atoms with Crippen molar-refractivity contribution in [2.24, 2.45) is 0 Å². The number of nitrogens with zero attached hydrogens (tertiary/aromatic N) is 2. The van der Waals surface area contributed by atoms with Gasteiger partial charge in [-0.3, -0.25) is 0 Å². The van der Waals surface area contributed by atoms with Crippen LogP contribution in [0.5, 0.6) is 0 Å². The third-order valence-corrected chi connectivity index (χ3v) is 7.54. The van der Waals surface area contributed by atoms with Crippen LogP contribution in [0.15, 0.2) is 97.2 Å². The minimum Gasteiger partial charge on any atom is -0.309 e. The van der Waals surface area contributed by atoms with E-state index in [4.69, 9.17) is 0 Å². The summed E-state index contributed by atoms with van der Waals surface area (Å²) in [7, 11) is -3.03. The SMILES string of the molecule is Cc1ccn(-c2ccccc2P(=O)(c2ccccc2)c2ccccc2)n1. The molecule has 0 amide bonds. The third kappa shape index (κ3) is 2.81. The molecule has 0 N–H and O–H groups in total. The highest BCUT2D eigenvalue weighted by atomic mass is 31.2. The molecule has 0 saturated carbocycles. The average Bonchev–Trinajstić information content (AvgIpc) is 3.15. The second-order valence-electron chi connectivity index (χ2n) is 6.17. The zero-order valence-electron chi connectivity index (χ0n) is 14.5. The quantitative estimate of drug-likeness (QED) is 0.520. The highest BCUT2D eigenvalue weighted by molar-refractivity contribution is 7.85.